The van der Waals surface area contributed by atoms with Crippen molar-refractivity contribution >= 4 is 11.6 Å². The van der Waals surface area contributed by atoms with Gasteiger partial charge in [-0.25, -0.2) is 0 Å². The van der Waals surface area contributed by atoms with Crippen molar-refractivity contribution in [3.8, 4) is 11.1 Å². The van der Waals surface area contributed by atoms with E-state index in [0.29, 0.717) is 26.1 Å². The fraction of sp³-hybridized carbons (Fsp3) is 0.682. The van der Waals surface area contributed by atoms with Gasteiger partial charge in [0.2, 0.25) is 0 Å². The molecule has 0 amide bonds. The molecule has 0 fully saturated rings. The van der Waals surface area contributed by atoms with Crippen molar-refractivity contribution in [1.82, 2.24) is 9.80 Å². The summed E-state index contributed by atoms with van der Waals surface area (Å²) in [6.45, 7) is 16.6. The number of hydrogen-bond acceptors (Lipinski definition) is 6. The van der Waals surface area contributed by atoms with Crippen LogP contribution in [0.25, 0.3) is 11.1 Å². The average molecular weight is 693 g/mol. The Labute approximate surface area is 306 Å². The van der Waals surface area contributed by atoms with Crippen LogP contribution in [0.4, 0.5) is 0 Å². The number of unbranched alkanes of at least 4 members (excludes halogenated alkanes) is 8. The summed E-state index contributed by atoms with van der Waals surface area (Å²) in [5, 5.41) is 0. The molecule has 0 N–H and O–H groups in total. The van der Waals surface area contributed by atoms with Crippen LogP contribution >= 0.6 is 0 Å². The van der Waals surface area contributed by atoms with Crippen molar-refractivity contribution in [1.29, 1.82) is 0 Å². The van der Waals surface area contributed by atoms with Gasteiger partial charge in [0.15, 0.2) is 11.6 Å². The predicted molar refractivity (Wildman–Crippen MR) is 211 cm³/mol. The zero-order chi connectivity index (χ0) is 36.1. The van der Waals surface area contributed by atoms with Crippen LogP contribution in [0, 0.1) is 0 Å². The molecule has 0 spiro atoms. The molecule has 282 valence electrons. The lowest BCUT2D eigenvalue weighted by atomic mass is 9.96. The number of carbonyl (C=O) groups is 2. The van der Waals surface area contributed by atoms with Crippen molar-refractivity contribution in [3.63, 3.8) is 0 Å². The molecule has 2 aromatic rings. The smallest absolute Gasteiger partial charge is 0.158 e. The van der Waals surface area contributed by atoms with Crippen LogP contribution in [0.2, 0.25) is 0 Å². The van der Waals surface area contributed by atoms with E-state index >= 15 is 0 Å². The predicted octanol–water partition coefficient (Wildman–Crippen LogP) is 10.5. The van der Waals surface area contributed by atoms with Crippen molar-refractivity contribution < 1.29 is 19.1 Å². The zero-order valence-electron chi connectivity index (χ0n) is 32.5. The fourth-order valence-electron chi connectivity index (χ4n) is 6.52. The Morgan fingerprint density at radius 1 is 0.460 bits per heavy atom. The number of hydrogen-bond donors (Lipinski definition) is 0. The molecule has 0 heterocycles. The minimum Gasteiger partial charge on any atom is -0.369 e. The number of Topliss-reactive ketones (excluding diaryl/α,β-unsaturated/α-hetero) is 2. The molecule has 50 heavy (non-hydrogen) atoms. The summed E-state index contributed by atoms with van der Waals surface area (Å²) < 4.78 is 12.0. The Morgan fingerprint density at radius 3 is 1.12 bits per heavy atom. The molecular weight excluding hydrogens is 620 g/mol. The van der Waals surface area contributed by atoms with Crippen LogP contribution in [0.5, 0.6) is 0 Å². The molecular formula is C44H72N2O4. The molecule has 6 nitrogen and oxygen atoms in total. The largest absolute Gasteiger partial charge is 0.369 e. The summed E-state index contributed by atoms with van der Waals surface area (Å²) in [6.07, 6.45) is 17.9. The maximum Gasteiger partial charge on any atom is 0.158 e. The number of ketones is 2. The van der Waals surface area contributed by atoms with E-state index in [4.69, 9.17) is 9.47 Å². The van der Waals surface area contributed by atoms with E-state index in [-0.39, 0.29) is 24.8 Å². The number of ether oxygens (including phenoxy) is 2. The van der Waals surface area contributed by atoms with Crippen LogP contribution < -0.4 is 0 Å². The Bertz CT molecular complexity index is 1040. The first-order chi connectivity index (χ1) is 24.5. The van der Waals surface area contributed by atoms with Crippen LogP contribution in [0.3, 0.4) is 0 Å². The third kappa shape index (κ3) is 19.9. The standard InChI is InChI=1S/C44H72N2O4/c1-5-9-17-29-45(30-18-10-6-2)33-21-25-41(47)37-49-35-39-23-13-15-27-43(39)44-28-16-14-24-40(44)36-50-38-42(48)26-22-34-46(31-19-11-7-3)32-20-12-8-4/h13-16,23-24,27-28H,5-12,17-22,25-26,29-38H2,1-4H3. The Balaban J connectivity index is 1.82. The van der Waals surface area contributed by atoms with E-state index in [1.165, 1.54) is 77.0 Å². The van der Waals surface area contributed by atoms with Crippen LogP contribution in [-0.2, 0) is 32.3 Å². The molecule has 6 heteroatoms. The van der Waals surface area contributed by atoms with Gasteiger partial charge in [-0.1, -0.05) is 128 Å². The van der Waals surface area contributed by atoms with E-state index in [2.05, 4.69) is 61.8 Å². The Hall–Kier alpha value is -2.38. The van der Waals surface area contributed by atoms with E-state index in [9.17, 15) is 9.59 Å². The van der Waals surface area contributed by atoms with Gasteiger partial charge in [0.25, 0.3) is 0 Å². The maximum absolute atomic E-state index is 12.7. The van der Waals surface area contributed by atoms with Crippen molar-refractivity contribution in [2.75, 3.05) is 52.5 Å². The fourth-order valence-corrected chi connectivity index (χ4v) is 6.52. The third-order valence-corrected chi connectivity index (χ3v) is 9.54. The summed E-state index contributed by atoms with van der Waals surface area (Å²) in [5.41, 5.74) is 4.24. The number of benzene rings is 2. The van der Waals surface area contributed by atoms with E-state index in [1.54, 1.807) is 0 Å². The molecule has 0 unspecified atom stereocenters. The first-order valence-corrected chi connectivity index (χ1v) is 20.3. The maximum atomic E-state index is 12.7. The third-order valence-electron chi connectivity index (χ3n) is 9.54. The molecule has 0 radical (unpaired) electrons. The van der Waals surface area contributed by atoms with Crippen LogP contribution in [0.15, 0.2) is 48.5 Å². The van der Waals surface area contributed by atoms with Gasteiger partial charge in [0.1, 0.15) is 13.2 Å². The van der Waals surface area contributed by atoms with Gasteiger partial charge in [-0.3, -0.25) is 9.59 Å². The topological polar surface area (TPSA) is 59.1 Å². The van der Waals surface area contributed by atoms with Gasteiger partial charge in [-0.05, 0) is 100 Å². The van der Waals surface area contributed by atoms with Gasteiger partial charge in [0, 0.05) is 12.8 Å². The quantitative estimate of drug-likeness (QED) is 0.0694. The number of nitrogens with zero attached hydrogens (tertiary/aromatic N) is 2. The lowest BCUT2D eigenvalue weighted by Gasteiger charge is -2.22. The molecule has 0 aliphatic heterocycles. The van der Waals surface area contributed by atoms with Gasteiger partial charge < -0.3 is 19.3 Å². The molecule has 0 aliphatic carbocycles. The second-order valence-electron chi connectivity index (χ2n) is 14.1. The summed E-state index contributed by atoms with van der Waals surface area (Å²) in [4.78, 5) is 30.6. The summed E-state index contributed by atoms with van der Waals surface area (Å²) >= 11 is 0. The van der Waals surface area contributed by atoms with Gasteiger partial charge in [-0.15, -0.1) is 0 Å². The highest BCUT2D eigenvalue weighted by molar-refractivity contribution is 5.80. The molecule has 0 saturated heterocycles. The lowest BCUT2D eigenvalue weighted by Crippen LogP contribution is -2.28. The number of rotatable bonds is 33. The Kier molecular flexibility index (Phi) is 25.6. The van der Waals surface area contributed by atoms with E-state index < -0.39 is 0 Å². The first-order valence-electron chi connectivity index (χ1n) is 20.3. The van der Waals surface area contributed by atoms with Crippen molar-refractivity contribution in [3.05, 3.63) is 59.7 Å². The van der Waals surface area contributed by atoms with Crippen LogP contribution in [-0.4, -0.2) is 73.8 Å². The molecule has 2 aromatic carbocycles. The second-order valence-corrected chi connectivity index (χ2v) is 14.1. The van der Waals surface area contributed by atoms with Crippen LogP contribution in [0.1, 0.15) is 142 Å². The highest BCUT2D eigenvalue weighted by Gasteiger charge is 2.13. The zero-order valence-corrected chi connectivity index (χ0v) is 32.5. The normalized spacial score (nSPS) is 11.6. The molecule has 0 aliphatic rings. The summed E-state index contributed by atoms with van der Waals surface area (Å²) in [6, 6.07) is 16.4. The average Bonchev–Trinajstić information content (AvgIpc) is 3.12. The highest BCUT2D eigenvalue weighted by atomic mass is 16.5. The summed E-state index contributed by atoms with van der Waals surface area (Å²) in [7, 11) is 0. The molecule has 0 bridgehead atoms. The minimum absolute atomic E-state index is 0.141. The highest BCUT2D eigenvalue weighted by Crippen LogP contribution is 2.28. The molecule has 2 rings (SSSR count). The molecule has 0 saturated carbocycles. The van der Waals surface area contributed by atoms with Gasteiger partial charge >= 0.3 is 0 Å². The van der Waals surface area contributed by atoms with Crippen molar-refractivity contribution in [2.24, 2.45) is 0 Å². The number of carbonyl (C=O) groups excluding carboxylic acids is 2. The van der Waals surface area contributed by atoms with Crippen molar-refractivity contribution in [2.45, 2.75) is 144 Å². The minimum atomic E-state index is 0.141. The molecule has 0 aromatic heterocycles. The molecule has 0 atom stereocenters. The Morgan fingerprint density at radius 2 is 0.780 bits per heavy atom. The van der Waals surface area contributed by atoms with Gasteiger partial charge in [-0.2, -0.15) is 0 Å². The monoisotopic (exact) mass is 693 g/mol. The van der Waals surface area contributed by atoms with E-state index in [1.807, 2.05) is 24.3 Å². The second kappa shape index (κ2) is 29.2. The van der Waals surface area contributed by atoms with E-state index in [0.717, 1.165) is 74.4 Å². The summed E-state index contributed by atoms with van der Waals surface area (Å²) in [5.74, 6) is 0.340. The van der Waals surface area contributed by atoms with Gasteiger partial charge in [0.05, 0.1) is 13.2 Å². The lowest BCUT2D eigenvalue weighted by molar-refractivity contribution is -0.124. The SMILES string of the molecule is CCCCCN(CCCCC)CCCC(=O)COCc1ccccc1-c1ccccc1COCC(=O)CCCN(CCCCC)CCCCC. The first kappa shape index (κ1) is 43.8.